The van der Waals surface area contributed by atoms with Crippen molar-refractivity contribution in [2.24, 2.45) is 0 Å². The molecule has 0 aliphatic rings. The van der Waals surface area contributed by atoms with Crippen LogP contribution in [0.15, 0.2) is 79.4 Å². The van der Waals surface area contributed by atoms with Gasteiger partial charge in [0.25, 0.3) is 0 Å². The van der Waals surface area contributed by atoms with Crippen molar-refractivity contribution in [3.05, 3.63) is 79.4 Å². The Hall–Kier alpha value is -3.47. The molecule has 0 bridgehead atoms. The molecule has 0 unspecified atom stereocenters. The van der Waals surface area contributed by atoms with E-state index in [9.17, 15) is 0 Å². The summed E-state index contributed by atoms with van der Waals surface area (Å²) in [6, 6.07) is 17.4. The molecule has 0 aliphatic heterocycles. The average molecular weight is 311 g/mol. The first kappa shape index (κ1) is 14.1. The zero-order chi connectivity index (χ0) is 16.2. The Morgan fingerprint density at radius 1 is 0.500 bits per heavy atom. The van der Waals surface area contributed by atoms with E-state index < -0.39 is 0 Å². The highest BCUT2D eigenvalue weighted by Crippen LogP contribution is 2.24. The molecule has 0 spiro atoms. The van der Waals surface area contributed by atoms with Crippen molar-refractivity contribution in [3.63, 3.8) is 0 Å². The molecule has 114 valence electrons. The Morgan fingerprint density at radius 2 is 1.29 bits per heavy atom. The van der Waals surface area contributed by atoms with Gasteiger partial charge in [0.15, 0.2) is 11.6 Å². The van der Waals surface area contributed by atoms with Gasteiger partial charge in [0.05, 0.1) is 5.69 Å². The summed E-state index contributed by atoms with van der Waals surface area (Å²) in [5, 5.41) is 0. The average Bonchev–Trinajstić information content (AvgIpc) is 2.70. The Bertz CT molecular complexity index is 874. The van der Waals surface area contributed by atoms with Gasteiger partial charge < -0.3 is 0 Å². The van der Waals surface area contributed by atoms with E-state index in [-0.39, 0.29) is 0 Å². The van der Waals surface area contributed by atoms with Gasteiger partial charge >= 0.3 is 0 Å². The van der Waals surface area contributed by atoms with Crippen LogP contribution < -0.4 is 0 Å². The van der Waals surface area contributed by atoms with Crippen molar-refractivity contribution in [2.75, 3.05) is 0 Å². The summed E-state index contributed by atoms with van der Waals surface area (Å²) in [4.78, 5) is 21.8. The lowest BCUT2D eigenvalue weighted by atomic mass is 10.1. The summed E-state index contributed by atoms with van der Waals surface area (Å²) in [6.45, 7) is 0. The number of hydrogen-bond acceptors (Lipinski definition) is 5. The highest BCUT2D eigenvalue weighted by molar-refractivity contribution is 5.68. The molecule has 24 heavy (non-hydrogen) atoms. The van der Waals surface area contributed by atoms with Gasteiger partial charge in [-0.15, -0.1) is 0 Å². The number of nitrogens with zero attached hydrogens (tertiary/aromatic N) is 5. The minimum absolute atomic E-state index is 0.606. The van der Waals surface area contributed by atoms with Gasteiger partial charge in [0.1, 0.15) is 5.69 Å². The van der Waals surface area contributed by atoms with E-state index in [1.165, 1.54) is 0 Å². The SMILES string of the molecule is c1ccc(-c2nccc(-c3cccc(-c4ncccn4)c3)n2)nc1. The number of aromatic nitrogens is 5. The molecule has 0 saturated carbocycles. The summed E-state index contributed by atoms with van der Waals surface area (Å²) < 4.78 is 0. The molecule has 0 fully saturated rings. The Morgan fingerprint density at radius 3 is 2.12 bits per heavy atom. The zero-order valence-electron chi connectivity index (χ0n) is 12.7. The monoisotopic (exact) mass is 311 g/mol. The standard InChI is InChI=1S/C19H13N5/c1-2-9-20-17(7-1)19-23-12-8-16(24-19)14-5-3-6-15(13-14)18-21-10-4-11-22-18/h1-13H. The Labute approximate surface area is 139 Å². The first-order chi connectivity index (χ1) is 11.9. The second-order valence-electron chi connectivity index (χ2n) is 5.13. The lowest BCUT2D eigenvalue weighted by Gasteiger charge is -2.06. The summed E-state index contributed by atoms with van der Waals surface area (Å²) in [5.74, 6) is 1.30. The second kappa shape index (κ2) is 6.34. The number of benzene rings is 1. The van der Waals surface area contributed by atoms with Crippen molar-refractivity contribution in [3.8, 4) is 34.2 Å². The maximum absolute atomic E-state index is 4.63. The topological polar surface area (TPSA) is 64.5 Å². The number of rotatable bonds is 3. The molecule has 0 aliphatic carbocycles. The van der Waals surface area contributed by atoms with Gasteiger partial charge in [-0.05, 0) is 30.3 Å². The fourth-order valence-electron chi connectivity index (χ4n) is 2.40. The molecule has 0 radical (unpaired) electrons. The van der Waals surface area contributed by atoms with Crippen molar-refractivity contribution in [1.82, 2.24) is 24.9 Å². The van der Waals surface area contributed by atoms with Gasteiger partial charge in [-0.1, -0.05) is 24.3 Å². The van der Waals surface area contributed by atoms with Crippen LogP contribution in [-0.2, 0) is 0 Å². The molecule has 5 nitrogen and oxygen atoms in total. The van der Waals surface area contributed by atoms with E-state index in [2.05, 4.69) is 24.9 Å². The second-order valence-corrected chi connectivity index (χ2v) is 5.13. The van der Waals surface area contributed by atoms with E-state index in [1.807, 2.05) is 48.5 Å². The zero-order valence-corrected chi connectivity index (χ0v) is 12.7. The van der Waals surface area contributed by atoms with Crippen molar-refractivity contribution >= 4 is 0 Å². The molecular weight excluding hydrogens is 298 g/mol. The summed E-state index contributed by atoms with van der Waals surface area (Å²) in [5.41, 5.74) is 3.52. The summed E-state index contributed by atoms with van der Waals surface area (Å²) in [7, 11) is 0. The van der Waals surface area contributed by atoms with Crippen LogP contribution in [0.25, 0.3) is 34.2 Å². The molecule has 0 saturated heterocycles. The van der Waals surface area contributed by atoms with Gasteiger partial charge in [0, 0.05) is 35.9 Å². The lowest BCUT2D eigenvalue weighted by molar-refractivity contribution is 1.14. The highest BCUT2D eigenvalue weighted by atomic mass is 14.9. The first-order valence-electron chi connectivity index (χ1n) is 7.52. The van der Waals surface area contributed by atoms with Crippen LogP contribution in [-0.4, -0.2) is 24.9 Å². The van der Waals surface area contributed by atoms with Crippen molar-refractivity contribution in [1.29, 1.82) is 0 Å². The molecule has 0 atom stereocenters. The number of hydrogen-bond donors (Lipinski definition) is 0. The maximum atomic E-state index is 4.63. The molecule has 4 aromatic rings. The third-order valence-corrected chi connectivity index (χ3v) is 3.53. The van der Waals surface area contributed by atoms with Crippen LogP contribution >= 0.6 is 0 Å². The normalized spacial score (nSPS) is 10.5. The summed E-state index contributed by atoms with van der Waals surface area (Å²) >= 11 is 0. The van der Waals surface area contributed by atoms with Gasteiger partial charge in [-0.25, -0.2) is 19.9 Å². The molecule has 0 N–H and O–H groups in total. The van der Waals surface area contributed by atoms with Crippen LogP contribution in [0.2, 0.25) is 0 Å². The lowest BCUT2D eigenvalue weighted by Crippen LogP contribution is -1.94. The van der Waals surface area contributed by atoms with E-state index in [0.29, 0.717) is 11.6 Å². The van der Waals surface area contributed by atoms with E-state index in [4.69, 9.17) is 0 Å². The predicted molar refractivity (Wildman–Crippen MR) is 91.7 cm³/mol. The van der Waals surface area contributed by atoms with Crippen LogP contribution in [0.1, 0.15) is 0 Å². The molecule has 5 heteroatoms. The van der Waals surface area contributed by atoms with Gasteiger partial charge in [-0.2, -0.15) is 0 Å². The third-order valence-electron chi connectivity index (χ3n) is 3.53. The molecule has 0 amide bonds. The fourth-order valence-corrected chi connectivity index (χ4v) is 2.40. The molecular formula is C19H13N5. The molecule has 3 heterocycles. The van der Waals surface area contributed by atoms with Gasteiger partial charge in [0.2, 0.25) is 0 Å². The van der Waals surface area contributed by atoms with Gasteiger partial charge in [-0.3, -0.25) is 4.98 Å². The molecule has 1 aromatic carbocycles. The highest BCUT2D eigenvalue weighted by Gasteiger charge is 2.07. The van der Waals surface area contributed by atoms with Crippen LogP contribution in [0.4, 0.5) is 0 Å². The van der Waals surface area contributed by atoms with Crippen LogP contribution in [0.5, 0.6) is 0 Å². The van der Waals surface area contributed by atoms with Crippen molar-refractivity contribution in [2.45, 2.75) is 0 Å². The van der Waals surface area contributed by atoms with E-state index in [1.54, 1.807) is 30.9 Å². The maximum Gasteiger partial charge on any atom is 0.178 e. The quantitative estimate of drug-likeness (QED) is 0.577. The molecule has 4 rings (SSSR count). The Balaban J connectivity index is 1.75. The minimum atomic E-state index is 0.606. The largest absolute Gasteiger partial charge is 0.253 e. The molecule has 3 aromatic heterocycles. The smallest absolute Gasteiger partial charge is 0.178 e. The predicted octanol–water partition coefficient (Wildman–Crippen LogP) is 3.66. The van der Waals surface area contributed by atoms with E-state index in [0.717, 1.165) is 22.5 Å². The Kier molecular flexibility index (Phi) is 3.73. The van der Waals surface area contributed by atoms with Crippen molar-refractivity contribution < 1.29 is 0 Å². The fraction of sp³-hybridized carbons (Fsp3) is 0. The van der Waals surface area contributed by atoms with Crippen LogP contribution in [0.3, 0.4) is 0 Å². The number of pyridine rings is 1. The third kappa shape index (κ3) is 2.87. The first-order valence-corrected chi connectivity index (χ1v) is 7.52. The summed E-state index contributed by atoms with van der Waals surface area (Å²) in [6.07, 6.45) is 6.95. The van der Waals surface area contributed by atoms with Crippen LogP contribution in [0, 0.1) is 0 Å². The minimum Gasteiger partial charge on any atom is -0.253 e. The van der Waals surface area contributed by atoms with E-state index >= 15 is 0 Å².